The van der Waals surface area contributed by atoms with Gasteiger partial charge in [-0.1, -0.05) is 12.1 Å². The van der Waals surface area contributed by atoms with Crippen LogP contribution in [0, 0.1) is 5.82 Å². The first-order valence-corrected chi connectivity index (χ1v) is 11.4. The smallest absolute Gasteiger partial charge is 0.265 e. The van der Waals surface area contributed by atoms with E-state index in [-0.39, 0.29) is 36.1 Å². The Bertz CT molecular complexity index is 1100. The summed E-state index contributed by atoms with van der Waals surface area (Å²) in [5.74, 6) is -0.907. The van der Waals surface area contributed by atoms with Gasteiger partial charge in [0.2, 0.25) is 15.9 Å². The number of fused-ring (bicyclic) bond motifs is 1. The molecule has 0 aromatic heterocycles. The molecule has 1 saturated heterocycles. The van der Waals surface area contributed by atoms with Gasteiger partial charge in [-0.05, 0) is 48.7 Å². The van der Waals surface area contributed by atoms with Crippen LogP contribution < -0.4 is 15.0 Å². The van der Waals surface area contributed by atoms with Gasteiger partial charge in [0.1, 0.15) is 18.1 Å². The van der Waals surface area contributed by atoms with Crippen molar-refractivity contribution in [2.24, 2.45) is 0 Å². The monoisotopic (exact) mass is 447 g/mol. The van der Waals surface area contributed by atoms with Crippen LogP contribution in [0.25, 0.3) is 0 Å². The highest BCUT2D eigenvalue weighted by Gasteiger charge is 2.32. The molecule has 0 bridgehead atoms. The fraction of sp³-hybridized carbons (Fsp3) is 0.333. The first kappa shape index (κ1) is 21.3. The van der Waals surface area contributed by atoms with Gasteiger partial charge in [0.15, 0.2) is 6.61 Å². The van der Waals surface area contributed by atoms with Crippen LogP contribution >= 0.6 is 0 Å². The topological polar surface area (TPSA) is 96.0 Å². The molecule has 31 heavy (non-hydrogen) atoms. The van der Waals surface area contributed by atoms with Gasteiger partial charge in [0, 0.05) is 19.6 Å². The summed E-state index contributed by atoms with van der Waals surface area (Å²) < 4.78 is 45.6. The van der Waals surface area contributed by atoms with Crippen LogP contribution in [0.2, 0.25) is 0 Å². The van der Waals surface area contributed by atoms with E-state index in [4.69, 9.17) is 4.74 Å². The molecule has 8 nitrogen and oxygen atoms in total. The van der Waals surface area contributed by atoms with Crippen LogP contribution in [0.1, 0.15) is 18.4 Å². The molecule has 2 aromatic rings. The molecule has 10 heteroatoms. The van der Waals surface area contributed by atoms with Crippen molar-refractivity contribution in [1.82, 2.24) is 9.62 Å². The Morgan fingerprint density at radius 1 is 1.10 bits per heavy atom. The van der Waals surface area contributed by atoms with Crippen molar-refractivity contribution >= 4 is 27.5 Å². The summed E-state index contributed by atoms with van der Waals surface area (Å²) in [7, 11) is -3.68. The third kappa shape index (κ3) is 4.54. The predicted molar refractivity (Wildman–Crippen MR) is 111 cm³/mol. The normalized spacial score (nSPS) is 16.7. The Morgan fingerprint density at radius 2 is 1.81 bits per heavy atom. The van der Waals surface area contributed by atoms with Crippen molar-refractivity contribution in [2.45, 2.75) is 24.3 Å². The number of hydrogen-bond donors (Lipinski definition) is 1. The molecule has 2 aromatic carbocycles. The van der Waals surface area contributed by atoms with Crippen LogP contribution in [0.3, 0.4) is 0 Å². The molecule has 0 unspecified atom stereocenters. The fourth-order valence-corrected chi connectivity index (χ4v) is 5.13. The molecule has 0 saturated carbocycles. The summed E-state index contributed by atoms with van der Waals surface area (Å²) in [4.78, 5) is 26.2. The quantitative estimate of drug-likeness (QED) is 0.727. The standard InChI is InChI=1S/C21H22FN3O5S/c22-16-5-3-15(4-6-16)12-23-20(26)13-25-18-11-17(7-8-19(18)30-14-21(25)27)31(28,29)24-9-1-2-10-24/h3-8,11H,1-2,9-10,12-14H2,(H,23,26). The molecule has 0 radical (unpaired) electrons. The van der Waals surface area contributed by atoms with Crippen LogP contribution in [0.4, 0.5) is 10.1 Å². The number of nitrogens with one attached hydrogen (secondary N) is 1. The second kappa shape index (κ2) is 8.64. The summed E-state index contributed by atoms with van der Waals surface area (Å²) in [6, 6.07) is 10.0. The highest BCUT2D eigenvalue weighted by molar-refractivity contribution is 7.89. The lowest BCUT2D eigenvalue weighted by atomic mass is 10.2. The van der Waals surface area contributed by atoms with E-state index in [1.807, 2.05) is 0 Å². The second-order valence-corrected chi connectivity index (χ2v) is 9.35. The molecule has 2 heterocycles. The molecular formula is C21H22FN3O5S. The number of carbonyl (C=O) groups is 2. The van der Waals surface area contributed by atoms with E-state index >= 15 is 0 Å². The van der Waals surface area contributed by atoms with Gasteiger partial charge in [-0.3, -0.25) is 14.5 Å². The van der Waals surface area contributed by atoms with E-state index in [0.29, 0.717) is 24.4 Å². The predicted octanol–water partition coefficient (Wildman–Crippen LogP) is 1.65. The molecule has 2 amide bonds. The van der Waals surface area contributed by atoms with Crippen LogP contribution in [-0.2, 0) is 26.2 Å². The van der Waals surface area contributed by atoms with Gasteiger partial charge in [-0.15, -0.1) is 0 Å². The SMILES string of the molecule is O=C(CN1C(=O)COc2ccc(S(=O)(=O)N3CCCC3)cc21)NCc1ccc(F)cc1. The molecule has 1 fully saturated rings. The average Bonchev–Trinajstić information content (AvgIpc) is 3.31. The van der Waals surface area contributed by atoms with Gasteiger partial charge in [-0.2, -0.15) is 4.31 Å². The van der Waals surface area contributed by atoms with E-state index in [1.54, 1.807) is 12.1 Å². The van der Waals surface area contributed by atoms with Crippen molar-refractivity contribution in [3.63, 3.8) is 0 Å². The molecule has 0 aliphatic carbocycles. The molecule has 4 rings (SSSR count). The Labute approximate surface area is 179 Å². The number of amides is 2. The average molecular weight is 447 g/mol. The van der Waals surface area contributed by atoms with Crippen LogP contribution in [-0.4, -0.2) is 50.8 Å². The number of nitrogens with zero attached hydrogens (tertiary/aromatic N) is 2. The molecule has 2 aliphatic rings. The number of sulfonamides is 1. The molecule has 1 N–H and O–H groups in total. The maximum Gasteiger partial charge on any atom is 0.265 e. The minimum absolute atomic E-state index is 0.0585. The van der Waals surface area contributed by atoms with Crippen molar-refractivity contribution < 1.29 is 27.1 Å². The molecule has 0 spiro atoms. The summed E-state index contributed by atoms with van der Waals surface area (Å²) in [6.45, 7) is 0.572. The molecular weight excluding hydrogens is 425 g/mol. The number of ether oxygens (including phenoxy) is 1. The van der Waals surface area contributed by atoms with Gasteiger partial charge >= 0.3 is 0 Å². The minimum atomic E-state index is -3.68. The van der Waals surface area contributed by atoms with E-state index in [2.05, 4.69) is 5.32 Å². The number of rotatable bonds is 6. The van der Waals surface area contributed by atoms with Crippen LogP contribution in [0.5, 0.6) is 5.75 Å². The Hall–Kier alpha value is -2.98. The highest BCUT2D eigenvalue weighted by Crippen LogP contribution is 2.35. The van der Waals surface area contributed by atoms with E-state index < -0.39 is 21.8 Å². The largest absolute Gasteiger partial charge is 0.482 e. The van der Waals surface area contributed by atoms with E-state index in [0.717, 1.165) is 12.8 Å². The van der Waals surface area contributed by atoms with Gasteiger partial charge in [0.05, 0.1) is 10.6 Å². The second-order valence-electron chi connectivity index (χ2n) is 7.41. The van der Waals surface area contributed by atoms with Crippen molar-refractivity contribution in [3.8, 4) is 5.75 Å². The van der Waals surface area contributed by atoms with Crippen molar-refractivity contribution in [3.05, 3.63) is 53.8 Å². The zero-order valence-corrected chi connectivity index (χ0v) is 17.5. The van der Waals surface area contributed by atoms with Crippen molar-refractivity contribution in [1.29, 1.82) is 0 Å². The minimum Gasteiger partial charge on any atom is -0.482 e. The van der Waals surface area contributed by atoms with Crippen LogP contribution in [0.15, 0.2) is 47.4 Å². The van der Waals surface area contributed by atoms with E-state index in [1.165, 1.54) is 39.5 Å². The molecule has 164 valence electrons. The molecule has 0 atom stereocenters. The maximum atomic E-state index is 13.0. The zero-order chi connectivity index (χ0) is 22.0. The summed E-state index contributed by atoms with van der Waals surface area (Å²) in [5.41, 5.74) is 0.955. The number of anilines is 1. The van der Waals surface area contributed by atoms with E-state index in [9.17, 15) is 22.4 Å². The van der Waals surface area contributed by atoms with Gasteiger partial charge in [0.25, 0.3) is 5.91 Å². The zero-order valence-electron chi connectivity index (χ0n) is 16.7. The Morgan fingerprint density at radius 3 is 2.52 bits per heavy atom. The van der Waals surface area contributed by atoms with Gasteiger partial charge < -0.3 is 10.1 Å². The lowest BCUT2D eigenvalue weighted by Gasteiger charge is -2.29. The summed E-state index contributed by atoms with van der Waals surface area (Å²) in [6.07, 6.45) is 1.62. The maximum absolute atomic E-state index is 13.0. The third-order valence-corrected chi connectivity index (χ3v) is 7.18. The summed E-state index contributed by atoms with van der Waals surface area (Å²) >= 11 is 0. The molecule has 2 aliphatic heterocycles. The number of carbonyl (C=O) groups excluding carboxylic acids is 2. The van der Waals surface area contributed by atoms with Gasteiger partial charge in [-0.25, -0.2) is 12.8 Å². The summed E-state index contributed by atoms with van der Waals surface area (Å²) in [5, 5.41) is 2.68. The highest BCUT2D eigenvalue weighted by atomic mass is 32.2. The number of hydrogen-bond acceptors (Lipinski definition) is 5. The Kier molecular flexibility index (Phi) is 5.92. The first-order chi connectivity index (χ1) is 14.8. The van der Waals surface area contributed by atoms with Crippen molar-refractivity contribution in [2.75, 3.05) is 31.1 Å². The first-order valence-electron chi connectivity index (χ1n) is 9.93. The number of benzene rings is 2. The Balaban J connectivity index is 1.52. The fourth-order valence-electron chi connectivity index (χ4n) is 3.60. The number of halogens is 1. The lowest BCUT2D eigenvalue weighted by Crippen LogP contribution is -2.45. The lowest BCUT2D eigenvalue weighted by molar-refractivity contribution is -0.125. The third-order valence-electron chi connectivity index (χ3n) is 5.28.